The van der Waals surface area contributed by atoms with Gasteiger partial charge >= 0.3 is 39.5 Å². The lowest BCUT2D eigenvalue weighted by Gasteiger charge is -2.21. The standard InChI is InChI=1S/C80H156O17P2/c1-9-71(6)57-49-41-33-25-19-14-12-13-15-21-28-38-46-54-62-79(84)96-75(66-90-77(82)60-52-44-36-27-20-17-16-18-24-32-40-48-56-70(4)5)68-94-98(86,87)92-64-74(81)65-93-99(88,89)95-69-76(67-91-78(83)61-53-45-37-31-30-35-43-51-59-73(8)11-3)97-80(85)63-55-47-39-29-23-22-26-34-42-50-58-72(7)10-2/h70-76,81H,9-69H2,1-8H3,(H,86,87)(H,88,89)/t71?,72?,73?,74-,75-,76-/m1/s1. The summed E-state index contributed by atoms with van der Waals surface area (Å²) in [6, 6.07) is 0. The summed E-state index contributed by atoms with van der Waals surface area (Å²) < 4.78 is 68.7. The van der Waals surface area contributed by atoms with E-state index in [4.69, 9.17) is 37.0 Å². The first-order chi connectivity index (χ1) is 47.7. The fraction of sp³-hybridized carbons (Fsp3) is 0.950. The molecule has 0 aromatic rings. The van der Waals surface area contributed by atoms with E-state index in [2.05, 4.69) is 55.4 Å². The molecule has 0 saturated carbocycles. The Morgan fingerprint density at radius 3 is 0.717 bits per heavy atom. The van der Waals surface area contributed by atoms with Crippen molar-refractivity contribution >= 4 is 39.5 Å². The Labute approximate surface area is 607 Å². The predicted octanol–water partition coefficient (Wildman–Crippen LogP) is 23.6. The maximum atomic E-state index is 13.1. The molecule has 588 valence electrons. The molecule has 0 aliphatic heterocycles. The summed E-state index contributed by atoms with van der Waals surface area (Å²) in [5, 5.41) is 10.6. The fourth-order valence-corrected chi connectivity index (χ4v) is 13.7. The number of carbonyl (C=O) groups is 4. The summed E-state index contributed by atoms with van der Waals surface area (Å²) in [6.07, 6.45) is 55.2. The van der Waals surface area contributed by atoms with Crippen LogP contribution in [0.25, 0.3) is 0 Å². The molecule has 0 aromatic carbocycles. The van der Waals surface area contributed by atoms with E-state index < -0.39 is 97.5 Å². The van der Waals surface area contributed by atoms with Gasteiger partial charge in [-0.2, -0.15) is 0 Å². The molecule has 0 rings (SSSR count). The lowest BCUT2D eigenvalue weighted by atomic mass is 9.99. The summed E-state index contributed by atoms with van der Waals surface area (Å²) in [5.74, 6) is 1.09. The molecule has 0 aliphatic rings. The van der Waals surface area contributed by atoms with Gasteiger partial charge in [0, 0.05) is 25.7 Å². The second-order valence-corrected chi connectivity index (χ2v) is 32.9. The van der Waals surface area contributed by atoms with E-state index in [0.717, 1.165) is 114 Å². The van der Waals surface area contributed by atoms with Crippen molar-refractivity contribution in [3.05, 3.63) is 0 Å². The number of esters is 4. The number of ether oxygens (including phenoxy) is 4. The first-order valence-corrected chi connectivity index (χ1v) is 44.3. The minimum atomic E-state index is -4.96. The Kier molecular flexibility index (Phi) is 67.8. The Hall–Kier alpha value is -1.94. The Balaban J connectivity index is 5.28. The fourth-order valence-electron chi connectivity index (χ4n) is 12.2. The van der Waals surface area contributed by atoms with Gasteiger partial charge in [0.25, 0.3) is 0 Å². The van der Waals surface area contributed by atoms with Gasteiger partial charge in [-0.3, -0.25) is 37.3 Å². The maximum Gasteiger partial charge on any atom is 0.472 e. The molecule has 0 amide bonds. The molecule has 0 radical (unpaired) electrons. The summed E-state index contributed by atoms with van der Waals surface area (Å²) in [7, 11) is -9.92. The van der Waals surface area contributed by atoms with Crippen LogP contribution in [0, 0.1) is 23.7 Å². The Bertz CT molecular complexity index is 1940. The lowest BCUT2D eigenvalue weighted by molar-refractivity contribution is -0.161. The zero-order chi connectivity index (χ0) is 73.1. The number of rotatable bonds is 77. The number of phosphoric ester groups is 2. The molecular formula is C80H156O17P2. The third-order valence-corrected chi connectivity index (χ3v) is 21.6. The van der Waals surface area contributed by atoms with Crippen molar-refractivity contribution in [1.82, 2.24) is 0 Å². The van der Waals surface area contributed by atoms with Crippen molar-refractivity contribution in [3.8, 4) is 0 Å². The second kappa shape index (κ2) is 69.1. The van der Waals surface area contributed by atoms with Gasteiger partial charge in [-0.05, 0) is 49.4 Å². The lowest BCUT2D eigenvalue weighted by Crippen LogP contribution is -2.30. The molecule has 17 nitrogen and oxygen atoms in total. The van der Waals surface area contributed by atoms with Crippen LogP contribution in [0.1, 0.15) is 409 Å². The van der Waals surface area contributed by atoms with E-state index in [1.165, 1.54) is 212 Å². The van der Waals surface area contributed by atoms with Crippen molar-refractivity contribution in [2.24, 2.45) is 23.7 Å². The minimum Gasteiger partial charge on any atom is -0.462 e. The van der Waals surface area contributed by atoms with E-state index >= 15 is 0 Å². The quantitative estimate of drug-likeness (QED) is 0.0222. The number of hydrogen-bond donors (Lipinski definition) is 3. The van der Waals surface area contributed by atoms with Gasteiger partial charge in [-0.1, -0.05) is 357 Å². The highest BCUT2D eigenvalue weighted by atomic mass is 31.2. The van der Waals surface area contributed by atoms with E-state index in [-0.39, 0.29) is 25.7 Å². The van der Waals surface area contributed by atoms with Crippen LogP contribution in [0.4, 0.5) is 0 Å². The highest BCUT2D eigenvalue weighted by molar-refractivity contribution is 7.47. The monoisotopic (exact) mass is 1450 g/mol. The third kappa shape index (κ3) is 70.2. The number of carbonyl (C=O) groups excluding carboxylic acids is 4. The molecule has 0 aliphatic carbocycles. The smallest absolute Gasteiger partial charge is 0.462 e. The summed E-state index contributed by atoms with van der Waals surface area (Å²) >= 11 is 0. The molecule has 0 fully saturated rings. The highest BCUT2D eigenvalue weighted by Gasteiger charge is 2.30. The van der Waals surface area contributed by atoms with E-state index in [0.29, 0.717) is 25.7 Å². The molecule has 99 heavy (non-hydrogen) atoms. The van der Waals surface area contributed by atoms with Crippen LogP contribution in [0.2, 0.25) is 0 Å². The molecule has 0 bridgehead atoms. The molecule has 0 spiro atoms. The van der Waals surface area contributed by atoms with Crippen LogP contribution < -0.4 is 0 Å². The number of unbranched alkanes of at least 4 members (excludes halogenated alkanes) is 40. The van der Waals surface area contributed by atoms with Crippen LogP contribution >= 0.6 is 15.6 Å². The van der Waals surface area contributed by atoms with Crippen LogP contribution in [-0.2, 0) is 65.4 Å². The molecule has 0 heterocycles. The number of hydrogen-bond acceptors (Lipinski definition) is 15. The molecule has 0 saturated heterocycles. The van der Waals surface area contributed by atoms with Crippen LogP contribution in [0.15, 0.2) is 0 Å². The number of aliphatic hydroxyl groups excluding tert-OH is 1. The zero-order valence-electron chi connectivity index (χ0n) is 65.1. The molecule has 19 heteroatoms. The van der Waals surface area contributed by atoms with Crippen molar-refractivity contribution in [2.75, 3.05) is 39.6 Å². The third-order valence-electron chi connectivity index (χ3n) is 19.7. The van der Waals surface area contributed by atoms with E-state index in [1.54, 1.807) is 0 Å². The normalized spacial score (nSPS) is 14.9. The maximum absolute atomic E-state index is 13.1. The van der Waals surface area contributed by atoms with Gasteiger partial charge < -0.3 is 33.8 Å². The van der Waals surface area contributed by atoms with Crippen molar-refractivity contribution in [2.45, 2.75) is 427 Å². The second-order valence-electron chi connectivity index (χ2n) is 30.0. The predicted molar refractivity (Wildman–Crippen MR) is 404 cm³/mol. The van der Waals surface area contributed by atoms with Gasteiger partial charge in [-0.25, -0.2) is 9.13 Å². The number of aliphatic hydroxyl groups is 1. The van der Waals surface area contributed by atoms with Crippen molar-refractivity contribution in [1.29, 1.82) is 0 Å². The SMILES string of the molecule is CCC(C)CCCCCCCCCCCCCCCCC(=O)O[C@H](COC(=O)CCCCCCCCCCCCCCC(C)C)COP(=O)(O)OC[C@@H](O)COP(=O)(O)OC[C@@H](COC(=O)CCCCCCCCCCC(C)CC)OC(=O)CCCCCCCCCCCCC(C)CC. The zero-order valence-corrected chi connectivity index (χ0v) is 66.9. The van der Waals surface area contributed by atoms with Crippen molar-refractivity contribution < 1.29 is 80.2 Å². The molecule has 8 atom stereocenters. The average molecular weight is 1450 g/mol. The molecule has 0 aromatic heterocycles. The van der Waals surface area contributed by atoms with E-state index in [1.807, 2.05) is 0 Å². The van der Waals surface area contributed by atoms with Gasteiger partial charge in [0.1, 0.15) is 19.3 Å². The number of phosphoric acid groups is 2. The molecule has 5 unspecified atom stereocenters. The summed E-state index contributed by atoms with van der Waals surface area (Å²) in [5.41, 5.74) is 0. The Morgan fingerprint density at radius 1 is 0.283 bits per heavy atom. The van der Waals surface area contributed by atoms with Gasteiger partial charge in [0.15, 0.2) is 12.2 Å². The summed E-state index contributed by atoms with van der Waals surface area (Å²) in [6.45, 7) is 14.3. The average Bonchev–Trinajstić information content (AvgIpc) is 0.962. The molecule has 3 N–H and O–H groups in total. The first kappa shape index (κ1) is 97.1. The highest BCUT2D eigenvalue weighted by Crippen LogP contribution is 2.45. The van der Waals surface area contributed by atoms with Crippen molar-refractivity contribution in [3.63, 3.8) is 0 Å². The van der Waals surface area contributed by atoms with Gasteiger partial charge in [0.2, 0.25) is 0 Å². The largest absolute Gasteiger partial charge is 0.472 e. The first-order valence-electron chi connectivity index (χ1n) is 41.3. The van der Waals surface area contributed by atoms with Gasteiger partial charge in [0.05, 0.1) is 26.4 Å². The topological polar surface area (TPSA) is 237 Å². The molecular weight excluding hydrogens is 1290 g/mol. The van der Waals surface area contributed by atoms with Crippen LogP contribution in [0.5, 0.6) is 0 Å². The minimum absolute atomic E-state index is 0.106. The van der Waals surface area contributed by atoms with Crippen LogP contribution in [-0.4, -0.2) is 96.7 Å². The van der Waals surface area contributed by atoms with E-state index in [9.17, 15) is 43.2 Å². The Morgan fingerprint density at radius 2 is 0.485 bits per heavy atom. The summed E-state index contributed by atoms with van der Waals surface area (Å²) in [4.78, 5) is 73.0. The van der Waals surface area contributed by atoms with Crippen LogP contribution in [0.3, 0.4) is 0 Å². The van der Waals surface area contributed by atoms with Gasteiger partial charge in [-0.15, -0.1) is 0 Å².